The van der Waals surface area contributed by atoms with Crippen molar-refractivity contribution in [3.63, 3.8) is 0 Å². The van der Waals surface area contributed by atoms with Gasteiger partial charge in [-0.15, -0.1) is 0 Å². The lowest BCUT2D eigenvalue weighted by atomic mass is 10.3. The van der Waals surface area contributed by atoms with Crippen LogP contribution in [0.4, 0.5) is 5.69 Å². The number of nitrogen functional groups attached to an aromatic ring is 1. The number of carboxylic acid groups (broad SMARTS) is 2. The summed E-state index contributed by atoms with van der Waals surface area (Å²) in [6, 6.07) is 5.72. The molecule has 0 amide bonds. The Morgan fingerprint density at radius 2 is 1.37 bits per heavy atom. The number of hydrogen-bond acceptors (Lipinski definition) is 5. The maximum Gasteiger partial charge on any atom is 0.300 e. The third-order valence-electron chi connectivity index (χ3n) is 1.20. The quantitative estimate of drug-likeness (QED) is 0.435. The van der Waals surface area contributed by atoms with Crippen molar-refractivity contribution in [3.05, 3.63) is 24.3 Å². The molecule has 0 aromatic heterocycles. The van der Waals surface area contributed by atoms with Gasteiger partial charge in [0.2, 0.25) is 0 Å². The topological polar surface area (TPSA) is 155 Å². The minimum atomic E-state index is -4.16. The van der Waals surface area contributed by atoms with E-state index in [1.165, 1.54) is 18.2 Å². The molecule has 1 aromatic rings. The highest BCUT2D eigenvalue weighted by Gasteiger charge is 2.11. The van der Waals surface area contributed by atoms with Crippen molar-refractivity contribution in [2.24, 2.45) is 0 Å². The fourth-order valence-corrected chi connectivity index (χ4v) is 1.33. The van der Waals surface area contributed by atoms with Gasteiger partial charge in [-0.3, -0.25) is 14.1 Å². The second-order valence-corrected chi connectivity index (χ2v) is 4.44. The average Bonchev–Trinajstić information content (AvgIpc) is 2.14. The maximum absolute atomic E-state index is 10.5. The standard InChI is InChI=1S/C6H7NO3S.2C2H4O2/c7-5-3-1-2-4-6(5)11(8,9)10;2*1-2(3)4/h1-4H,7H2,(H,8,9,10);2*1H3,(H,3,4). The summed E-state index contributed by atoms with van der Waals surface area (Å²) in [5.41, 5.74) is 5.32. The molecule has 0 saturated carbocycles. The highest BCUT2D eigenvalue weighted by atomic mass is 32.2. The second kappa shape index (κ2) is 8.89. The van der Waals surface area contributed by atoms with E-state index in [0.717, 1.165) is 13.8 Å². The van der Waals surface area contributed by atoms with E-state index in [1.807, 2.05) is 0 Å². The third kappa shape index (κ3) is 13.8. The molecule has 0 spiro atoms. The van der Waals surface area contributed by atoms with E-state index in [4.69, 9.17) is 30.1 Å². The van der Waals surface area contributed by atoms with Gasteiger partial charge in [0, 0.05) is 13.8 Å². The summed E-state index contributed by atoms with van der Waals surface area (Å²) in [6.45, 7) is 2.17. The molecular formula is C10H15NO7S. The molecule has 0 aliphatic rings. The Kier molecular flexibility index (Phi) is 8.99. The predicted molar refractivity (Wildman–Crippen MR) is 67.3 cm³/mol. The van der Waals surface area contributed by atoms with E-state index in [9.17, 15) is 8.42 Å². The van der Waals surface area contributed by atoms with E-state index in [2.05, 4.69) is 0 Å². The summed E-state index contributed by atoms with van der Waals surface area (Å²) in [4.78, 5) is 17.8. The van der Waals surface area contributed by atoms with Crippen LogP contribution in [-0.2, 0) is 19.7 Å². The Balaban J connectivity index is 0. The SMILES string of the molecule is CC(=O)O.CC(=O)O.Nc1ccccc1S(=O)(=O)O. The number of carbonyl (C=O) groups is 2. The van der Waals surface area contributed by atoms with Crippen LogP contribution in [0.2, 0.25) is 0 Å². The first-order chi connectivity index (χ1) is 8.48. The summed E-state index contributed by atoms with van der Waals surface area (Å²) in [7, 11) is -4.16. The molecule has 108 valence electrons. The van der Waals surface area contributed by atoms with Gasteiger partial charge in [0.05, 0.1) is 5.69 Å². The number of para-hydroxylation sites is 1. The van der Waals surface area contributed by atoms with Gasteiger partial charge in [0.1, 0.15) is 4.90 Å². The number of rotatable bonds is 1. The lowest BCUT2D eigenvalue weighted by Crippen LogP contribution is -2.01. The smallest absolute Gasteiger partial charge is 0.300 e. The van der Waals surface area contributed by atoms with Gasteiger partial charge < -0.3 is 15.9 Å². The van der Waals surface area contributed by atoms with Gasteiger partial charge in [-0.1, -0.05) is 12.1 Å². The number of carboxylic acids is 2. The summed E-state index contributed by atoms with van der Waals surface area (Å²) >= 11 is 0. The normalized spacial score (nSPS) is 9.21. The molecule has 19 heavy (non-hydrogen) atoms. The van der Waals surface area contributed by atoms with Crippen molar-refractivity contribution >= 4 is 27.7 Å². The highest BCUT2D eigenvalue weighted by Crippen LogP contribution is 2.15. The van der Waals surface area contributed by atoms with Crippen molar-refractivity contribution < 1.29 is 32.8 Å². The zero-order valence-corrected chi connectivity index (χ0v) is 11.1. The molecule has 0 heterocycles. The first-order valence-corrected chi connectivity index (χ1v) is 6.13. The Hall–Kier alpha value is -2.13. The number of nitrogens with two attached hydrogens (primary N) is 1. The van der Waals surface area contributed by atoms with Gasteiger partial charge >= 0.3 is 0 Å². The van der Waals surface area contributed by atoms with Crippen LogP contribution in [0.3, 0.4) is 0 Å². The van der Waals surface area contributed by atoms with E-state index in [-0.39, 0.29) is 10.6 Å². The number of benzene rings is 1. The van der Waals surface area contributed by atoms with Crippen molar-refractivity contribution in [1.29, 1.82) is 0 Å². The minimum Gasteiger partial charge on any atom is -0.481 e. The Bertz CT molecular complexity index is 504. The van der Waals surface area contributed by atoms with Crippen LogP contribution in [-0.4, -0.2) is 35.1 Å². The van der Waals surface area contributed by atoms with Crippen LogP contribution in [0, 0.1) is 0 Å². The summed E-state index contributed by atoms with van der Waals surface area (Å²) in [5.74, 6) is -1.67. The van der Waals surface area contributed by atoms with Gasteiger partial charge in [-0.25, -0.2) is 0 Å². The monoisotopic (exact) mass is 293 g/mol. The van der Waals surface area contributed by atoms with Crippen LogP contribution >= 0.6 is 0 Å². The summed E-state index contributed by atoms with van der Waals surface area (Å²) in [6.07, 6.45) is 0. The lowest BCUT2D eigenvalue weighted by Gasteiger charge is -1.98. The summed E-state index contributed by atoms with van der Waals surface area (Å²) in [5, 5.41) is 14.8. The van der Waals surface area contributed by atoms with Crippen molar-refractivity contribution in [1.82, 2.24) is 0 Å². The zero-order chi connectivity index (χ0) is 15.6. The fourth-order valence-electron chi connectivity index (χ4n) is 0.715. The van der Waals surface area contributed by atoms with Crippen LogP contribution < -0.4 is 5.73 Å². The van der Waals surface area contributed by atoms with Crippen molar-refractivity contribution in [2.45, 2.75) is 18.7 Å². The van der Waals surface area contributed by atoms with Gasteiger partial charge in [0.15, 0.2) is 0 Å². The lowest BCUT2D eigenvalue weighted by molar-refractivity contribution is -0.135. The van der Waals surface area contributed by atoms with Crippen LogP contribution in [0.15, 0.2) is 29.2 Å². The van der Waals surface area contributed by atoms with Crippen LogP contribution in [0.25, 0.3) is 0 Å². The second-order valence-electron chi connectivity index (χ2n) is 3.05. The molecule has 1 aromatic carbocycles. The van der Waals surface area contributed by atoms with E-state index >= 15 is 0 Å². The Morgan fingerprint density at radius 1 is 1.05 bits per heavy atom. The van der Waals surface area contributed by atoms with E-state index in [1.54, 1.807) is 6.07 Å². The number of aliphatic carboxylic acids is 2. The zero-order valence-electron chi connectivity index (χ0n) is 10.3. The number of anilines is 1. The molecule has 0 atom stereocenters. The first-order valence-electron chi connectivity index (χ1n) is 4.69. The molecule has 5 N–H and O–H groups in total. The molecule has 0 radical (unpaired) electrons. The van der Waals surface area contributed by atoms with Crippen molar-refractivity contribution in [3.8, 4) is 0 Å². The Labute approximate surface area is 110 Å². The molecule has 8 nitrogen and oxygen atoms in total. The molecular weight excluding hydrogens is 278 g/mol. The molecule has 0 aliphatic heterocycles. The van der Waals surface area contributed by atoms with E-state index in [0.29, 0.717) is 0 Å². The Morgan fingerprint density at radius 3 is 1.58 bits per heavy atom. The first kappa shape index (κ1) is 19.2. The maximum atomic E-state index is 10.5. The van der Waals surface area contributed by atoms with Crippen LogP contribution in [0.5, 0.6) is 0 Å². The predicted octanol–water partition coefficient (Wildman–Crippen LogP) is 0.697. The fraction of sp³-hybridized carbons (Fsp3) is 0.200. The average molecular weight is 293 g/mol. The third-order valence-corrected chi connectivity index (χ3v) is 2.12. The number of hydrogen-bond donors (Lipinski definition) is 4. The molecule has 9 heteroatoms. The molecule has 0 aliphatic carbocycles. The highest BCUT2D eigenvalue weighted by molar-refractivity contribution is 7.86. The van der Waals surface area contributed by atoms with Crippen molar-refractivity contribution in [2.75, 3.05) is 5.73 Å². The molecule has 0 bridgehead atoms. The molecule has 0 unspecified atom stereocenters. The summed E-state index contributed by atoms with van der Waals surface area (Å²) < 4.78 is 29.6. The minimum absolute atomic E-state index is 0.0509. The molecule has 0 fully saturated rings. The van der Waals surface area contributed by atoms with E-state index < -0.39 is 22.1 Å². The van der Waals surface area contributed by atoms with Crippen LogP contribution in [0.1, 0.15) is 13.8 Å². The molecule has 0 saturated heterocycles. The van der Waals surface area contributed by atoms with Gasteiger partial charge in [-0.05, 0) is 12.1 Å². The van der Waals surface area contributed by atoms with Gasteiger partial charge in [0.25, 0.3) is 22.1 Å². The molecule has 1 rings (SSSR count). The van der Waals surface area contributed by atoms with Gasteiger partial charge in [-0.2, -0.15) is 8.42 Å². The largest absolute Gasteiger partial charge is 0.481 e.